The Kier molecular flexibility index (Phi) is 3.65. The predicted molar refractivity (Wildman–Crippen MR) is 69.7 cm³/mol. The minimum absolute atomic E-state index is 0.465. The van der Waals surface area contributed by atoms with Gasteiger partial charge in [-0.25, -0.2) is 0 Å². The minimum Gasteiger partial charge on any atom is -0.382 e. The molecule has 2 rings (SSSR count). The molecule has 3 heteroatoms. The maximum absolute atomic E-state index is 8.91. The highest BCUT2D eigenvalue weighted by Gasteiger charge is 2.26. The van der Waals surface area contributed by atoms with Crippen LogP contribution in [0.15, 0.2) is 18.2 Å². The van der Waals surface area contributed by atoms with E-state index in [9.17, 15) is 0 Å². The molecule has 0 radical (unpaired) electrons. The summed E-state index contributed by atoms with van der Waals surface area (Å²) in [6, 6.07) is 8.43. The van der Waals surface area contributed by atoms with Gasteiger partial charge in [-0.05, 0) is 49.9 Å². The second kappa shape index (κ2) is 5.20. The summed E-state index contributed by atoms with van der Waals surface area (Å²) in [5.74, 6) is 0.570. The fourth-order valence-electron chi connectivity index (χ4n) is 2.56. The molecule has 0 saturated heterocycles. The Morgan fingerprint density at radius 1 is 1.47 bits per heavy atom. The third kappa shape index (κ3) is 2.59. The molecule has 3 nitrogen and oxygen atoms in total. The molecule has 0 aliphatic heterocycles. The van der Waals surface area contributed by atoms with Crippen LogP contribution in [-0.2, 0) is 0 Å². The number of benzene rings is 1. The first-order chi connectivity index (χ1) is 8.24. The van der Waals surface area contributed by atoms with Gasteiger partial charge in [0, 0.05) is 11.7 Å². The summed E-state index contributed by atoms with van der Waals surface area (Å²) < 4.78 is 0. The zero-order valence-electron chi connectivity index (χ0n) is 10.2. The van der Waals surface area contributed by atoms with Crippen molar-refractivity contribution in [2.24, 2.45) is 11.7 Å². The second-order valence-electron chi connectivity index (χ2n) is 4.82. The lowest BCUT2D eigenvalue weighted by Gasteiger charge is -2.22. The average molecular weight is 229 g/mol. The van der Waals surface area contributed by atoms with Crippen LogP contribution in [0.1, 0.15) is 30.4 Å². The molecule has 2 atom stereocenters. The number of anilines is 1. The predicted octanol–water partition coefficient (Wildman–Crippen LogP) is 2.41. The average Bonchev–Trinajstić information content (AvgIpc) is 2.79. The lowest BCUT2D eigenvalue weighted by Crippen LogP contribution is -2.29. The summed E-state index contributed by atoms with van der Waals surface area (Å²) in [4.78, 5) is 0. The van der Waals surface area contributed by atoms with E-state index in [-0.39, 0.29) is 0 Å². The van der Waals surface area contributed by atoms with Crippen LogP contribution in [0.2, 0.25) is 0 Å². The second-order valence-corrected chi connectivity index (χ2v) is 4.82. The highest BCUT2D eigenvalue weighted by Crippen LogP contribution is 2.29. The number of hydrogen-bond donors (Lipinski definition) is 2. The molecule has 1 aliphatic carbocycles. The number of hydrogen-bond acceptors (Lipinski definition) is 3. The fraction of sp³-hybridized carbons (Fsp3) is 0.500. The van der Waals surface area contributed by atoms with Crippen molar-refractivity contribution in [3.63, 3.8) is 0 Å². The van der Waals surface area contributed by atoms with Crippen LogP contribution in [0, 0.1) is 24.2 Å². The van der Waals surface area contributed by atoms with E-state index in [0.29, 0.717) is 17.5 Å². The number of nitrogens with two attached hydrogens (primary N) is 1. The topological polar surface area (TPSA) is 61.8 Å². The van der Waals surface area contributed by atoms with E-state index in [1.54, 1.807) is 0 Å². The van der Waals surface area contributed by atoms with Gasteiger partial charge in [0.15, 0.2) is 0 Å². The number of nitrogens with one attached hydrogen (secondary N) is 1. The van der Waals surface area contributed by atoms with Crippen molar-refractivity contribution in [3.8, 4) is 6.07 Å². The Bertz CT molecular complexity index is 434. The molecule has 17 heavy (non-hydrogen) atoms. The number of nitriles is 1. The van der Waals surface area contributed by atoms with E-state index in [1.165, 1.54) is 24.8 Å². The Morgan fingerprint density at radius 2 is 2.29 bits per heavy atom. The Hall–Kier alpha value is -1.53. The van der Waals surface area contributed by atoms with Crippen LogP contribution in [0.25, 0.3) is 0 Å². The number of rotatable bonds is 3. The summed E-state index contributed by atoms with van der Waals surface area (Å²) >= 11 is 0. The van der Waals surface area contributed by atoms with Crippen molar-refractivity contribution in [2.45, 2.75) is 32.2 Å². The van der Waals surface area contributed by atoms with Crippen LogP contribution in [-0.4, -0.2) is 12.6 Å². The summed E-state index contributed by atoms with van der Waals surface area (Å²) in [5, 5.41) is 12.5. The van der Waals surface area contributed by atoms with Crippen LogP contribution >= 0.6 is 0 Å². The fourth-order valence-corrected chi connectivity index (χ4v) is 2.56. The third-order valence-electron chi connectivity index (χ3n) is 3.67. The summed E-state index contributed by atoms with van der Waals surface area (Å²) in [7, 11) is 0. The standard InChI is InChI=1S/C14H19N3/c1-10-5-6-11(8-15)7-14(10)17-13-4-2-3-12(13)9-16/h5-7,12-13,17H,2-4,9,16H2,1H3. The van der Waals surface area contributed by atoms with Crippen LogP contribution in [0.5, 0.6) is 0 Å². The van der Waals surface area contributed by atoms with Gasteiger partial charge >= 0.3 is 0 Å². The molecule has 0 heterocycles. The molecule has 0 bridgehead atoms. The first-order valence-electron chi connectivity index (χ1n) is 6.22. The first-order valence-corrected chi connectivity index (χ1v) is 6.22. The van der Waals surface area contributed by atoms with E-state index < -0.39 is 0 Å². The zero-order chi connectivity index (χ0) is 12.3. The molecule has 3 N–H and O–H groups in total. The maximum Gasteiger partial charge on any atom is 0.0992 e. The molecule has 0 aromatic heterocycles. The van der Waals surface area contributed by atoms with E-state index in [4.69, 9.17) is 11.0 Å². The highest BCUT2D eigenvalue weighted by molar-refractivity contribution is 5.55. The van der Waals surface area contributed by atoms with Crippen LogP contribution in [0.4, 0.5) is 5.69 Å². The first kappa shape index (κ1) is 11.9. The van der Waals surface area contributed by atoms with E-state index >= 15 is 0 Å². The van der Waals surface area contributed by atoms with Crippen molar-refractivity contribution < 1.29 is 0 Å². The van der Waals surface area contributed by atoms with Gasteiger partial charge in [-0.15, -0.1) is 0 Å². The molecule has 90 valence electrons. The van der Waals surface area contributed by atoms with E-state index in [2.05, 4.69) is 18.3 Å². The van der Waals surface area contributed by atoms with Crippen molar-refractivity contribution >= 4 is 5.69 Å². The van der Waals surface area contributed by atoms with E-state index in [1.807, 2.05) is 18.2 Å². The lowest BCUT2D eigenvalue weighted by atomic mass is 10.0. The van der Waals surface area contributed by atoms with Gasteiger partial charge in [0.25, 0.3) is 0 Å². The zero-order valence-corrected chi connectivity index (χ0v) is 10.2. The molecule has 0 spiro atoms. The molecule has 1 aliphatic rings. The van der Waals surface area contributed by atoms with E-state index in [0.717, 1.165) is 12.2 Å². The smallest absolute Gasteiger partial charge is 0.0992 e. The monoisotopic (exact) mass is 229 g/mol. The van der Waals surface area contributed by atoms with Gasteiger partial charge in [-0.2, -0.15) is 5.26 Å². The quantitative estimate of drug-likeness (QED) is 0.836. The normalized spacial score (nSPS) is 23.4. The van der Waals surface area contributed by atoms with Gasteiger partial charge in [0.05, 0.1) is 11.6 Å². The minimum atomic E-state index is 0.465. The van der Waals surface area contributed by atoms with Crippen LogP contribution < -0.4 is 11.1 Å². The molecular formula is C14H19N3. The Morgan fingerprint density at radius 3 is 3.00 bits per heavy atom. The van der Waals surface area contributed by atoms with Crippen molar-refractivity contribution in [1.29, 1.82) is 5.26 Å². The molecule has 1 saturated carbocycles. The molecule has 1 aromatic rings. The number of nitrogens with zero attached hydrogens (tertiary/aromatic N) is 1. The summed E-state index contributed by atoms with van der Waals surface area (Å²) in [6.45, 7) is 2.81. The molecular weight excluding hydrogens is 210 g/mol. The van der Waals surface area contributed by atoms with Gasteiger partial charge in [-0.3, -0.25) is 0 Å². The SMILES string of the molecule is Cc1ccc(C#N)cc1NC1CCCC1CN. The highest BCUT2D eigenvalue weighted by atomic mass is 14.9. The van der Waals surface area contributed by atoms with Crippen molar-refractivity contribution in [1.82, 2.24) is 0 Å². The third-order valence-corrected chi connectivity index (χ3v) is 3.67. The van der Waals surface area contributed by atoms with Crippen molar-refractivity contribution in [3.05, 3.63) is 29.3 Å². The molecule has 1 aromatic carbocycles. The lowest BCUT2D eigenvalue weighted by molar-refractivity contribution is 0.516. The van der Waals surface area contributed by atoms with Gasteiger partial charge in [0.2, 0.25) is 0 Å². The maximum atomic E-state index is 8.91. The van der Waals surface area contributed by atoms with Gasteiger partial charge < -0.3 is 11.1 Å². The largest absolute Gasteiger partial charge is 0.382 e. The summed E-state index contributed by atoms with van der Waals surface area (Å²) in [5.41, 5.74) is 8.75. The molecule has 1 fully saturated rings. The summed E-state index contributed by atoms with van der Waals surface area (Å²) in [6.07, 6.45) is 3.64. The molecule has 0 amide bonds. The van der Waals surface area contributed by atoms with Crippen molar-refractivity contribution in [2.75, 3.05) is 11.9 Å². The molecule has 2 unspecified atom stereocenters. The van der Waals surface area contributed by atoms with Crippen LogP contribution in [0.3, 0.4) is 0 Å². The van der Waals surface area contributed by atoms with Gasteiger partial charge in [0.1, 0.15) is 0 Å². The Balaban J connectivity index is 2.15. The number of aryl methyl sites for hydroxylation is 1. The Labute approximate surface area is 103 Å². The van der Waals surface area contributed by atoms with Gasteiger partial charge in [-0.1, -0.05) is 12.5 Å².